The maximum absolute atomic E-state index is 12.5. The van der Waals surface area contributed by atoms with Crippen LogP contribution in [0.25, 0.3) is 6.08 Å². The van der Waals surface area contributed by atoms with Gasteiger partial charge in [-0.3, -0.25) is 9.69 Å². The molecule has 124 valence electrons. The fourth-order valence-electron chi connectivity index (χ4n) is 3.03. The van der Waals surface area contributed by atoms with Crippen molar-refractivity contribution in [1.82, 2.24) is 4.90 Å². The van der Waals surface area contributed by atoms with E-state index in [4.69, 9.17) is 4.74 Å². The number of rotatable bonds is 6. The normalized spacial score (nSPS) is 17.0. The Bertz CT molecular complexity index is 661. The van der Waals surface area contributed by atoms with E-state index in [1.165, 1.54) is 5.56 Å². The Morgan fingerprint density at radius 3 is 2.29 bits per heavy atom. The number of benzene rings is 2. The van der Waals surface area contributed by atoms with Gasteiger partial charge in [0.15, 0.2) is 5.78 Å². The highest BCUT2D eigenvalue weighted by molar-refractivity contribution is 5.94. The van der Waals surface area contributed by atoms with Gasteiger partial charge in [-0.15, -0.1) is 0 Å². The van der Waals surface area contributed by atoms with Gasteiger partial charge in [-0.05, 0) is 17.2 Å². The number of hydrogen-bond donors (Lipinski definition) is 0. The van der Waals surface area contributed by atoms with Crippen molar-refractivity contribution >= 4 is 11.9 Å². The van der Waals surface area contributed by atoms with Crippen LogP contribution in [0.4, 0.5) is 0 Å². The van der Waals surface area contributed by atoms with Crippen molar-refractivity contribution in [2.45, 2.75) is 12.5 Å². The predicted molar refractivity (Wildman–Crippen MR) is 96.7 cm³/mol. The maximum atomic E-state index is 12.5. The van der Waals surface area contributed by atoms with Crippen LogP contribution >= 0.6 is 0 Å². The summed E-state index contributed by atoms with van der Waals surface area (Å²) in [4.78, 5) is 14.9. The van der Waals surface area contributed by atoms with Crippen LogP contribution < -0.4 is 0 Å². The van der Waals surface area contributed by atoms with E-state index in [2.05, 4.69) is 17.0 Å². The second-order valence-electron chi connectivity index (χ2n) is 5.99. The quantitative estimate of drug-likeness (QED) is 0.759. The van der Waals surface area contributed by atoms with E-state index in [1.54, 1.807) is 6.08 Å². The van der Waals surface area contributed by atoms with Gasteiger partial charge < -0.3 is 4.74 Å². The molecule has 0 bridgehead atoms. The van der Waals surface area contributed by atoms with Crippen LogP contribution in [0, 0.1) is 0 Å². The first-order valence-electron chi connectivity index (χ1n) is 8.45. The van der Waals surface area contributed by atoms with Gasteiger partial charge in [-0.25, -0.2) is 0 Å². The Kier molecular flexibility index (Phi) is 5.94. The van der Waals surface area contributed by atoms with Crippen molar-refractivity contribution in [1.29, 1.82) is 0 Å². The molecule has 1 aliphatic heterocycles. The van der Waals surface area contributed by atoms with Crippen molar-refractivity contribution < 1.29 is 9.53 Å². The Labute approximate surface area is 143 Å². The zero-order valence-electron chi connectivity index (χ0n) is 13.8. The Balaban J connectivity index is 1.71. The standard InChI is InChI=1S/C21H23NO2/c23-20(12-11-18-7-3-1-4-8-18)17-21(19-9-5-2-6-10-19)22-13-15-24-16-14-22/h1-12,21H,13-17H2/b12-11-/t21-/m0/s1. The molecule has 24 heavy (non-hydrogen) atoms. The Morgan fingerprint density at radius 2 is 1.62 bits per heavy atom. The summed E-state index contributed by atoms with van der Waals surface area (Å²) in [6.45, 7) is 3.21. The molecule has 0 saturated carbocycles. The number of carbonyl (C=O) groups is 1. The van der Waals surface area contributed by atoms with Crippen LogP contribution in [-0.4, -0.2) is 37.0 Å². The molecule has 0 aromatic heterocycles. The average Bonchev–Trinajstić information content (AvgIpc) is 2.67. The summed E-state index contributed by atoms with van der Waals surface area (Å²) in [5, 5.41) is 0. The van der Waals surface area contributed by atoms with Crippen molar-refractivity contribution in [3.63, 3.8) is 0 Å². The number of allylic oxidation sites excluding steroid dienone is 1. The fourth-order valence-corrected chi connectivity index (χ4v) is 3.03. The van der Waals surface area contributed by atoms with Gasteiger partial charge in [0.2, 0.25) is 0 Å². The van der Waals surface area contributed by atoms with Crippen molar-refractivity contribution in [2.75, 3.05) is 26.3 Å². The van der Waals surface area contributed by atoms with E-state index >= 15 is 0 Å². The molecule has 1 fully saturated rings. The van der Waals surface area contributed by atoms with Gasteiger partial charge in [0.05, 0.1) is 13.2 Å². The number of hydrogen-bond acceptors (Lipinski definition) is 3. The second kappa shape index (κ2) is 8.57. The summed E-state index contributed by atoms with van der Waals surface area (Å²) in [6, 6.07) is 20.3. The lowest BCUT2D eigenvalue weighted by Crippen LogP contribution is -2.39. The molecule has 1 saturated heterocycles. The van der Waals surface area contributed by atoms with E-state index in [0.29, 0.717) is 6.42 Å². The van der Waals surface area contributed by atoms with E-state index in [-0.39, 0.29) is 11.8 Å². The number of ketones is 1. The lowest BCUT2D eigenvalue weighted by atomic mass is 9.98. The minimum Gasteiger partial charge on any atom is -0.379 e. The predicted octanol–water partition coefficient (Wildman–Crippen LogP) is 3.73. The first-order valence-corrected chi connectivity index (χ1v) is 8.45. The highest BCUT2D eigenvalue weighted by atomic mass is 16.5. The van der Waals surface area contributed by atoms with Crippen molar-refractivity contribution in [3.05, 3.63) is 77.9 Å². The van der Waals surface area contributed by atoms with Crippen LogP contribution in [-0.2, 0) is 9.53 Å². The first-order chi connectivity index (χ1) is 11.8. The van der Waals surface area contributed by atoms with Crippen molar-refractivity contribution in [2.24, 2.45) is 0 Å². The van der Waals surface area contributed by atoms with Gasteiger partial charge in [0.25, 0.3) is 0 Å². The zero-order valence-corrected chi connectivity index (χ0v) is 13.8. The molecule has 0 spiro atoms. The molecule has 3 rings (SSSR count). The molecule has 0 unspecified atom stereocenters. The lowest BCUT2D eigenvalue weighted by molar-refractivity contribution is -0.116. The lowest BCUT2D eigenvalue weighted by Gasteiger charge is -2.34. The Morgan fingerprint density at radius 1 is 1.00 bits per heavy atom. The molecule has 2 aromatic carbocycles. The molecule has 1 heterocycles. The van der Waals surface area contributed by atoms with Gasteiger partial charge in [0.1, 0.15) is 0 Å². The monoisotopic (exact) mass is 321 g/mol. The SMILES string of the molecule is O=C(/C=C\c1ccccc1)C[C@@H](c1ccccc1)N1CCOCC1. The minimum absolute atomic E-state index is 0.114. The van der Waals surface area contributed by atoms with E-state index in [9.17, 15) is 4.79 Å². The summed E-state index contributed by atoms with van der Waals surface area (Å²) in [6.07, 6.45) is 4.09. The number of carbonyl (C=O) groups excluding carboxylic acids is 1. The minimum atomic E-state index is 0.114. The molecule has 0 amide bonds. The first kappa shape index (κ1) is 16.6. The van der Waals surface area contributed by atoms with E-state index in [0.717, 1.165) is 31.9 Å². The van der Waals surface area contributed by atoms with E-state index < -0.39 is 0 Å². The van der Waals surface area contributed by atoms with Crippen LogP contribution in [0.15, 0.2) is 66.7 Å². The van der Waals surface area contributed by atoms with E-state index in [1.807, 2.05) is 54.6 Å². The second-order valence-corrected chi connectivity index (χ2v) is 5.99. The average molecular weight is 321 g/mol. The molecule has 1 atom stereocenters. The molecule has 2 aromatic rings. The molecule has 3 nitrogen and oxygen atoms in total. The Hall–Kier alpha value is -2.23. The molecule has 0 aliphatic carbocycles. The molecule has 0 N–H and O–H groups in total. The smallest absolute Gasteiger partial charge is 0.157 e. The largest absolute Gasteiger partial charge is 0.379 e. The number of ether oxygens (including phenoxy) is 1. The summed E-state index contributed by atoms with van der Waals surface area (Å²) < 4.78 is 5.46. The van der Waals surface area contributed by atoms with Gasteiger partial charge in [-0.2, -0.15) is 0 Å². The topological polar surface area (TPSA) is 29.5 Å². The summed E-state index contributed by atoms with van der Waals surface area (Å²) in [5.41, 5.74) is 2.24. The van der Waals surface area contributed by atoms with Crippen LogP contribution in [0.5, 0.6) is 0 Å². The number of nitrogens with zero attached hydrogens (tertiary/aromatic N) is 1. The highest BCUT2D eigenvalue weighted by Crippen LogP contribution is 2.25. The van der Waals surface area contributed by atoms with Crippen molar-refractivity contribution in [3.8, 4) is 0 Å². The molecule has 3 heteroatoms. The third kappa shape index (κ3) is 4.63. The summed E-state index contributed by atoms with van der Waals surface area (Å²) >= 11 is 0. The fraction of sp³-hybridized carbons (Fsp3) is 0.286. The highest BCUT2D eigenvalue weighted by Gasteiger charge is 2.24. The molecule has 0 radical (unpaired) electrons. The van der Waals surface area contributed by atoms with Gasteiger partial charge >= 0.3 is 0 Å². The van der Waals surface area contributed by atoms with Gasteiger partial charge in [-0.1, -0.05) is 66.7 Å². The van der Waals surface area contributed by atoms with Crippen LogP contribution in [0.1, 0.15) is 23.6 Å². The third-order valence-electron chi connectivity index (χ3n) is 4.33. The van der Waals surface area contributed by atoms with Gasteiger partial charge in [0, 0.05) is 25.6 Å². The maximum Gasteiger partial charge on any atom is 0.157 e. The molecular formula is C21H23NO2. The third-order valence-corrected chi connectivity index (χ3v) is 4.33. The van der Waals surface area contributed by atoms with Crippen LogP contribution in [0.3, 0.4) is 0 Å². The molecular weight excluding hydrogens is 298 g/mol. The molecule has 1 aliphatic rings. The number of morpholine rings is 1. The summed E-state index contributed by atoms with van der Waals surface area (Å²) in [5.74, 6) is 0.152. The zero-order chi connectivity index (χ0) is 16.6. The summed E-state index contributed by atoms with van der Waals surface area (Å²) in [7, 11) is 0. The van der Waals surface area contributed by atoms with Crippen LogP contribution in [0.2, 0.25) is 0 Å².